The zero-order chi connectivity index (χ0) is 14.8. The Bertz CT molecular complexity index is 714. The second-order valence-corrected chi connectivity index (χ2v) is 8.05. The van der Waals surface area contributed by atoms with Crippen molar-refractivity contribution < 1.29 is 8.42 Å². The van der Waals surface area contributed by atoms with Crippen molar-refractivity contribution in [3.63, 3.8) is 0 Å². The van der Waals surface area contributed by atoms with Crippen molar-refractivity contribution in [2.24, 2.45) is 0 Å². The fraction of sp³-hybridized carbons (Fsp3) is 0.357. The van der Waals surface area contributed by atoms with E-state index in [1.165, 1.54) is 0 Å². The summed E-state index contributed by atoms with van der Waals surface area (Å²) in [6.45, 7) is 4.32. The number of rotatable bonds is 5. The molecule has 2 rings (SSSR count). The Morgan fingerprint density at radius 3 is 2.80 bits per heavy atom. The Morgan fingerprint density at radius 2 is 2.10 bits per heavy atom. The van der Waals surface area contributed by atoms with E-state index in [1.54, 1.807) is 30.5 Å². The summed E-state index contributed by atoms with van der Waals surface area (Å²) in [4.78, 5) is 4.83. The van der Waals surface area contributed by atoms with Crippen LogP contribution < -0.4 is 4.72 Å². The number of alkyl halides is 1. The monoisotopic (exact) mass is 356 g/mol. The summed E-state index contributed by atoms with van der Waals surface area (Å²) in [7, 11) is -3.51. The Hall–Kier alpha value is -0.980. The molecule has 0 saturated carbocycles. The van der Waals surface area contributed by atoms with Crippen LogP contribution >= 0.6 is 15.9 Å². The lowest BCUT2D eigenvalue weighted by atomic mass is 10.1. The lowest BCUT2D eigenvalue weighted by Gasteiger charge is -2.11. The molecule has 0 spiro atoms. The molecule has 1 unspecified atom stereocenters. The van der Waals surface area contributed by atoms with Gasteiger partial charge in [0.1, 0.15) is 0 Å². The van der Waals surface area contributed by atoms with Crippen LogP contribution in [0.2, 0.25) is 0 Å². The number of benzene rings is 1. The third kappa shape index (κ3) is 3.37. The first-order valence-electron chi connectivity index (χ1n) is 6.40. The number of hydrogen-bond donors (Lipinski definition) is 1. The fourth-order valence-corrected chi connectivity index (χ4v) is 3.46. The predicted octanol–water partition coefficient (Wildman–Crippen LogP) is 3.00. The molecule has 6 heteroatoms. The number of hydrogen-bond acceptors (Lipinski definition) is 3. The van der Waals surface area contributed by atoms with Crippen LogP contribution in [-0.4, -0.2) is 24.8 Å². The van der Waals surface area contributed by atoms with E-state index in [0.717, 1.165) is 17.5 Å². The molecule has 0 amide bonds. The molecule has 1 aromatic carbocycles. The Kier molecular flexibility index (Phi) is 4.78. The molecule has 0 aliphatic carbocycles. The van der Waals surface area contributed by atoms with E-state index in [-0.39, 0.29) is 9.72 Å². The molecule has 0 bridgehead atoms. The summed E-state index contributed by atoms with van der Waals surface area (Å²) in [5.74, 6) is 0. The van der Waals surface area contributed by atoms with Crippen LogP contribution in [-0.2, 0) is 10.0 Å². The highest BCUT2D eigenvalue weighted by Crippen LogP contribution is 2.24. The van der Waals surface area contributed by atoms with E-state index in [1.807, 2.05) is 13.8 Å². The van der Waals surface area contributed by atoms with Crippen molar-refractivity contribution in [1.29, 1.82) is 0 Å². The van der Waals surface area contributed by atoms with E-state index in [0.29, 0.717) is 11.9 Å². The van der Waals surface area contributed by atoms with Crippen molar-refractivity contribution in [3.05, 3.63) is 36.0 Å². The standard InChI is InChI=1S/C14H17BrN2O2S/c1-10-5-6-13(12-4-3-8-16-14(10)12)20(18,19)17-9-7-11(2)15/h3-6,8,11,17H,7,9H2,1-2H3. The molecule has 0 fully saturated rings. The molecular formula is C14H17BrN2O2S. The lowest BCUT2D eigenvalue weighted by Crippen LogP contribution is -2.26. The molecule has 4 nitrogen and oxygen atoms in total. The number of pyridine rings is 1. The number of nitrogens with one attached hydrogen (secondary N) is 1. The summed E-state index contributed by atoms with van der Waals surface area (Å²) >= 11 is 3.40. The van der Waals surface area contributed by atoms with E-state index in [2.05, 4.69) is 25.6 Å². The SMILES string of the molecule is Cc1ccc(S(=O)(=O)NCCC(C)Br)c2cccnc12. The molecule has 0 saturated heterocycles. The van der Waals surface area contributed by atoms with Crippen molar-refractivity contribution >= 4 is 36.9 Å². The van der Waals surface area contributed by atoms with Gasteiger partial charge in [-0.05, 0) is 37.1 Å². The molecule has 1 atom stereocenters. The van der Waals surface area contributed by atoms with Gasteiger partial charge >= 0.3 is 0 Å². The van der Waals surface area contributed by atoms with E-state index in [9.17, 15) is 8.42 Å². The van der Waals surface area contributed by atoms with Crippen molar-refractivity contribution in [2.45, 2.75) is 30.0 Å². The number of aromatic nitrogens is 1. The molecule has 20 heavy (non-hydrogen) atoms. The quantitative estimate of drug-likeness (QED) is 0.837. The van der Waals surface area contributed by atoms with Gasteiger partial charge in [0.05, 0.1) is 10.4 Å². The smallest absolute Gasteiger partial charge is 0.241 e. The van der Waals surface area contributed by atoms with Crippen LogP contribution in [0.1, 0.15) is 18.9 Å². The summed E-state index contributed by atoms with van der Waals surface area (Å²) < 4.78 is 27.4. The van der Waals surface area contributed by atoms with Crippen LogP contribution in [0.4, 0.5) is 0 Å². The van der Waals surface area contributed by atoms with Gasteiger partial charge in [0, 0.05) is 23.0 Å². The second-order valence-electron chi connectivity index (χ2n) is 4.75. The Labute approximate surface area is 127 Å². The first kappa shape index (κ1) is 15.4. The van der Waals surface area contributed by atoms with Crippen LogP contribution in [0.5, 0.6) is 0 Å². The van der Waals surface area contributed by atoms with Gasteiger partial charge < -0.3 is 0 Å². The maximum absolute atomic E-state index is 12.4. The van der Waals surface area contributed by atoms with Crippen molar-refractivity contribution in [2.75, 3.05) is 6.54 Å². The van der Waals surface area contributed by atoms with Gasteiger partial charge in [-0.25, -0.2) is 13.1 Å². The molecular weight excluding hydrogens is 340 g/mol. The summed E-state index contributed by atoms with van der Waals surface area (Å²) in [5.41, 5.74) is 1.69. The van der Waals surface area contributed by atoms with Crippen LogP contribution in [0.3, 0.4) is 0 Å². The topological polar surface area (TPSA) is 59.1 Å². The van der Waals surface area contributed by atoms with Crippen LogP contribution in [0.15, 0.2) is 35.4 Å². The number of sulfonamides is 1. The van der Waals surface area contributed by atoms with Crippen molar-refractivity contribution in [3.8, 4) is 0 Å². The molecule has 0 aliphatic heterocycles. The summed E-state index contributed by atoms with van der Waals surface area (Å²) in [6, 6.07) is 6.97. The normalized spacial score (nSPS) is 13.6. The van der Waals surface area contributed by atoms with Gasteiger partial charge in [-0.2, -0.15) is 0 Å². The zero-order valence-electron chi connectivity index (χ0n) is 11.4. The Morgan fingerprint density at radius 1 is 1.35 bits per heavy atom. The molecule has 108 valence electrons. The average molecular weight is 357 g/mol. The van der Waals surface area contributed by atoms with E-state index >= 15 is 0 Å². The second kappa shape index (κ2) is 6.20. The van der Waals surface area contributed by atoms with E-state index < -0.39 is 10.0 Å². The number of aryl methyl sites for hydroxylation is 1. The van der Waals surface area contributed by atoms with Gasteiger partial charge in [-0.1, -0.05) is 28.9 Å². The molecule has 1 heterocycles. The third-order valence-corrected chi connectivity index (χ3v) is 5.03. The summed E-state index contributed by atoms with van der Waals surface area (Å²) in [5, 5.41) is 0.659. The largest absolute Gasteiger partial charge is 0.256 e. The first-order chi connectivity index (χ1) is 9.42. The molecule has 1 N–H and O–H groups in total. The maximum atomic E-state index is 12.4. The minimum atomic E-state index is -3.51. The lowest BCUT2D eigenvalue weighted by molar-refractivity contribution is 0.580. The molecule has 1 aromatic heterocycles. The average Bonchev–Trinajstić information content (AvgIpc) is 2.38. The first-order valence-corrected chi connectivity index (χ1v) is 8.80. The number of nitrogens with zero attached hydrogens (tertiary/aromatic N) is 1. The zero-order valence-corrected chi connectivity index (χ0v) is 13.8. The van der Waals surface area contributed by atoms with E-state index in [4.69, 9.17) is 0 Å². The third-order valence-electron chi connectivity index (χ3n) is 3.06. The van der Waals surface area contributed by atoms with Crippen LogP contribution in [0, 0.1) is 6.92 Å². The Balaban J connectivity index is 2.40. The van der Waals surface area contributed by atoms with Gasteiger partial charge in [0.2, 0.25) is 10.0 Å². The van der Waals surface area contributed by atoms with Gasteiger partial charge in [-0.3, -0.25) is 4.98 Å². The molecule has 0 radical (unpaired) electrons. The van der Waals surface area contributed by atoms with Gasteiger partial charge in [0.15, 0.2) is 0 Å². The van der Waals surface area contributed by atoms with Crippen LogP contribution in [0.25, 0.3) is 10.9 Å². The van der Waals surface area contributed by atoms with Crippen molar-refractivity contribution in [1.82, 2.24) is 9.71 Å². The highest BCUT2D eigenvalue weighted by Gasteiger charge is 2.18. The predicted molar refractivity (Wildman–Crippen MR) is 84.7 cm³/mol. The fourth-order valence-electron chi connectivity index (χ4n) is 1.99. The molecule has 2 aromatic rings. The van der Waals surface area contributed by atoms with Gasteiger partial charge in [-0.15, -0.1) is 0 Å². The minimum absolute atomic E-state index is 0.279. The highest BCUT2D eigenvalue weighted by molar-refractivity contribution is 9.09. The summed E-state index contributed by atoms with van der Waals surface area (Å²) in [6.07, 6.45) is 2.41. The maximum Gasteiger partial charge on any atom is 0.241 e. The molecule has 0 aliphatic rings. The minimum Gasteiger partial charge on any atom is -0.256 e. The van der Waals surface area contributed by atoms with Gasteiger partial charge in [0.25, 0.3) is 0 Å². The highest BCUT2D eigenvalue weighted by atomic mass is 79.9. The number of halogens is 1. The number of fused-ring (bicyclic) bond motifs is 1.